The Morgan fingerprint density at radius 3 is 2.33 bits per heavy atom. The number of nitrogens with one attached hydrogen (secondary N) is 2. The minimum absolute atomic E-state index is 0.0133. The SMILES string of the molecule is CN1CCN([C@@H]2CCCN(c3nnc(C(N)=O)c(Nc4ccc(N5CCN(CC6CCN(c7ccc(N8CCC(=O)NC8=O)c(C8CC8)c7)CC6)CC5)c(F)c4)n3)C2)C1=O. The highest BCUT2D eigenvalue weighted by molar-refractivity contribution is 6.06. The largest absolute Gasteiger partial charge is 0.372 e. The zero-order chi connectivity index (χ0) is 41.5. The number of imide groups is 1. The Labute approximate surface area is 349 Å². The van der Waals surface area contributed by atoms with Crippen molar-refractivity contribution in [1.82, 2.24) is 35.2 Å². The van der Waals surface area contributed by atoms with E-state index in [9.17, 15) is 19.2 Å². The van der Waals surface area contributed by atoms with Crippen LogP contribution >= 0.6 is 0 Å². The van der Waals surface area contributed by atoms with Gasteiger partial charge in [0.25, 0.3) is 5.91 Å². The van der Waals surface area contributed by atoms with E-state index in [1.807, 2.05) is 9.80 Å². The highest BCUT2D eigenvalue weighted by Gasteiger charge is 2.36. The van der Waals surface area contributed by atoms with Crippen LogP contribution in [0, 0.1) is 11.7 Å². The molecule has 1 aromatic heterocycles. The summed E-state index contributed by atoms with van der Waals surface area (Å²) in [7, 11) is 1.80. The average molecular weight is 824 g/mol. The number of amides is 6. The number of rotatable bonds is 11. The predicted molar refractivity (Wildman–Crippen MR) is 226 cm³/mol. The maximum Gasteiger partial charge on any atom is 0.328 e. The number of hydrogen-bond acceptors (Lipinski definition) is 12. The van der Waals surface area contributed by atoms with Gasteiger partial charge in [0.15, 0.2) is 11.5 Å². The van der Waals surface area contributed by atoms with Gasteiger partial charge in [-0.05, 0) is 92.3 Å². The van der Waals surface area contributed by atoms with E-state index in [1.165, 1.54) is 17.3 Å². The summed E-state index contributed by atoms with van der Waals surface area (Å²) >= 11 is 0. The number of primary amides is 1. The Bertz CT molecular complexity index is 2140. The molecule has 60 heavy (non-hydrogen) atoms. The van der Waals surface area contributed by atoms with Gasteiger partial charge in [0.1, 0.15) is 5.82 Å². The van der Waals surface area contributed by atoms with Crippen LogP contribution in [0.15, 0.2) is 36.4 Å². The van der Waals surface area contributed by atoms with E-state index in [2.05, 4.69) is 58.7 Å². The molecule has 6 fully saturated rings. The van der Waals surface area contributed by atoms with E-state index in [0.717, 1.165) is 76.9 Å². The van der Waals surface area contributed by atoms with Crippen LogP contribution in [0.2, 0.25) is 0 Å². The zero-order valence-corrected chi connectivity index (χ0v) is 34.2. The van der Waals surface area contributed by atoms with Gasteiger partial charge in [-0.15, -0.1) is 10.2 Å². The minimum atomic E-state index is -0.800. The maximum absolute atomic E-state index is 15.8. The van der Waals surface area contributed by atoms with Crippen molar-refractivity contribution in [2.24, 2.45) is 11.7 Å². The normalized spacial score (nSPS) is 22.2. The molecule has 1 saturated carbocycles. The molecule has 0 unspecified atom stereocenters. The van der Waals surface area contributed by atoms with Crippen molar-refractivity contribution in [3.8, 4) is 0 Å². The second-order valence-corrected chi connectivity index (χ2v) is 17.1. The molecule has 6 amide bonds. The van der Waals surface area contributed by atoms with Crippen LogP contribution < -0.4 is 36.0 Å². The van der Waals surface area contributed by atoms with Crippen LogP contribution in [-0.2, 0) is 4.79 Å². The van der Waals surface area contributed by atoms with Crippen LogP contribution in [-0.4, -0.2) is 145 Å². The van der Waals surface area contributed by atoms with Crippen LogP contribution in [0.25, 0.3) is 0 Å². The third-order valence-electron chi connectivity index (χ3n) is 13.1. The van der Waals surface area contributed by atoms with E-state index < -0.39 is 5.91 Å². The lowest BCUT2D eigenvalue weighted by molar-refractivity contribution is -0.120. The number of halogens is 1. The Morgan fingerprint density at radius 2 is 1.63 bits per heavy atom. The van der Waals surface area contributed by atoms with Gasteiger partial charge in [-0.1, -0.05) is 0 Å². The van der Waals surface area contributed by atoms with Crippen molar-refractivity contribution in [2.45, 2.75) is 56.9 Å². The molecule has 6 heterocycles. The first-order chi connectivity index (χ1) is 29.1. The van der Waals surface area contributed by atoms with E-state index in [-0.39, 0.29) is 41.3 Å². The zero-order valence-electron chi connectivity index (χ0n) is 34.2. The molecular weight excluding hydrogens is 770 g/mol. The molecule has 0 radical (unpaired) electrons. The lowest BCUT2D eigenvalue weighted by Crippen LogP contribution is -2.50. The first-order valence-electron chi connectivity index (χ1n) is 21.4. The number of hydrogen-bond donors (Lipinski definition) is 3. The fourth-order valence-electron chi connectivity index (χ4n) is 9.49. The fraction of sp³-hybridized carbons (Fsp3) is 0.548. The fourth-order valence-corrected chi connectivity index (χ4v) is 9.49. The minimum Gasteiger partial charge on any atom is -0.372 e. The number of urea groups is 2. The number of benzene rings is 2. The Kier molecular flexibility index (Phi) is 11.0. The molecule has 5 saturated heterocycles. The summed E-state index contributed by atoms with van der Waals surface area (Å²) in [5.74, 6) is 0.0646. The lowest BCUT2D eigenvalue weighted by Gasteiger charge is -2.40. The summed E-state index contributed by atoms with van der Waals surface area (Å²) in [5.41, 5.74) is 9.77. The van der Waals surface area contributed by atoms with Gasteiger partial charge in [0, 0.05) is 109 Å². The molecule has 3 aromatic rings. The number of carbonyl (C=O) groups is 4. The molecule has 1 atom stereocenters. The smallest absolute Gasteiger partial charge is 0.328 e. The lowest BCUT2D eigenvalue weighted by atomic mass is 9.95. The van der Waals surface area contributed by atoms with Crippen LogP contribution in [0.1, 0.15) is 66.9 Å². The van der Waals surface area contributed by atoms with Gasteiger partial charge >= 0.3 is 12.1 Å². The predicted octanol–water partition coefficient (Wildman–Crippen LogP) is 3.55. The second kappa shape index (κ2) is 16.7. The number of carbonyl (C=O) groups excluding carboxylic acids is 4. The van der Waals surface area contributed by atoms with E-state index in [4.69, 9.17) is 5.73 Å². The molecule has 5 aliphatic heterocycles. The summed E-state index contributed by atoms with van der Waals surface area (Å²) in [6.07, 6.45) is 6.48. The molecule has 0 bridgehead atoms. The Hall–Kier alpha value is -5.78. The highest BCUT2D eigenvalue weighted by Crippen LogP contribution is 2.46. The summed E-state index contributed by atoms with van der Waals surface area (Å²) < 4.78 is 15.8. The first-order valence-corrected chi connectivity index (χ1v) is 21.4. The summed E-state index contributed by atoms with van der Waals surface area (Å²) in [4.78, 5) is 68.3. The van der Waals surface area contributed by atoms with Gasteiger partial charge in [-0.25, -0.2) is 14.0 Å². The summed E-state index contributed by atoms with van der Waals surface area (Å²) in [5, 5.41) is 13.8. The first kappa shape index (κ1) is 39.7. The van der Waals surface area contributed by atoms with Gasteiger partial charge in [0.2, 0.25) is 11.9 Å². The number of nitrogens with two attached hydrogens (primary N) is 1. The van der Waals surface area contributed by atoms with Crippen molar-refractivity contribution < 1.29 is 23.6 Å². The van der Waals surface area contributed by atoms with Gasteiger partial charge < -0.3 is 35.6 Å². The molecule has 1 aliphatic carbocycles. The summed E-state index contributed by atoms with van der Waals surface area (Å²) in [6.45, 7) is 9.08. The molecular formula is C42H54FN13O4. The van der Waals surface area contributed by atoms with Crippen molar-refractivity contribution in [1.29, 1.82) is 0 Å². The molecule has 6 aliphatic rings. The molecule has 318 valence electrons. The number of aromatic nitrogens is 3. The third kappa shape index (κ3) is 8.33. The Morgan fingerprint density at radius 1 is 0.850 bits per heavy atom. The molecule has 0 spiro atoms. The van der Waals surface area contributed by atoms with Crippen LogP contribution in [0.3, 0.4) is 0 Å². The third-order valence-corrected chi connectivity index (χ3v) is 13.1. The average Bonchev–Trinajstić information content (AvgIpc) is 4.05. The van der Waals surface area contributed by atoms with Gasteiger partial charge in [-0.3, -0.25) is 24.7 Å². The van der Waals surface area contributed by atoms with Crippen molar-refractivity contribution in [2.75, 3.05) is 111 Å². The monoisotopic (exact) mass is 823 g/mol. The van der Waals surface area contributed by atoms with Crippen LogP contribution in [0.5, 0.6) is 0 Å². The number of likely N-dealkylation sites (N-methyl/N-ethyl adjacent to an activating group) is 1. The Balaban J connectivity index is 0.774. The highest BCUT2D eigenvalue weighted by atomic mass is 19.1. The molecule has 2 aromatic carbocycles. The number of nitrogens with zero attached hydrogens (tertiary/aromatic N) is 10. The molecule has 9 rings (SSSR count). The standard InChI is InChI=1S/C42H54FN13O4/c1-50-17-22-55(42(50)60)31-3-2-13-54(26-31)40-47-39(37(38(44)58)48-49-40)45-29-6-8-35(33(43)23-29)53-20-18-51(19-21-53)25-27-10-14-52(15-11-27)30-7-9-34(32(24-30)28-4-5-28)56-16-12-36(57)46-41(56)59/h6-9,23-24,27-28,31H,2-5,10-22,25-26H2,1H3,(H2,44,58)(H,45,47,49)(H,46,57,59)/t31-/m1/s1. The van der Waals surface area contributed by atoms with Crippen LogP contribution in [0.4, 0.5) is 48.5 Å². The summed E-state index contributed by atoms with van der Waals surface area (Å²) in [6, 6.07) is 11.1. The molecule has 17 nitrogen and oxygen atoms in total. The maximum atomic E-state index is 15.8. The topological polar surface area (TPSA) is 180 Å². The van der Waals surface area contributed by atoms with Gasteiger partial charge in [0.05, 0.1) is 11.7 Å². The molecule has 18 heteroatoms. The number of anilines is 6. The number of piperidine rings is 2. The second-order valence-electron chi connectivity index (χ2n) is 17.1. The number of piperazine rings is 1. The quantitative estimate of drug-likeness (QED) is 0.257. The van der Waals surface area contributed by atoms with Crippen molar-refractivity contribution >= 4 is 58.4 Å². The van der Waals surface area contributed by atoms with Crippen molar-refractivity contribution in [3.05, 3.63) is 53.5 Å². The molecule has 4 N–H and O–H groups in total. The van der Waals surface area contributed by atoms with Gasteiger partial charge in [-0.2, -0.15) is 4.98 Å². The van der Waals surface area contributed by atoms with Crippen molar-refractivity contribution in [3.63, 3.8) is 0 Å². The van der Waals surface area contributed by atoms with E-state index in [0.29, 0.717) is 81.4 Å². The van der Waals surface area contributed by atoms with E-state index >= 15 is 4.39 Å². The van der Waals surface area contributed by atoms with E-state index in [1.54, 1.807) is 29.0 Å².